The Morgan fingerprint density at radius 3 is 2.69 bits per heavy atom. The van der Waals surface area contributed by atoms with Gasteiger partial charge in [-0.1, -0.05) is 19.9 Å². The van der Waals surface area contributed by atoms with E-state index in [2.05, 4.69) is 5.32 Å². The summed E-state index contributed by atoms with van der Waals surface area (Å²) < 4.78 is 15.9. The van der Waals surface area contributed by atoms with Crippen LogP contribution in [0.2, 0.25) is 0 Å². The quantitative estimate of drug-likeness (QED) is 0.626. The maximum absolute atomic E-state index is 12.6. The molecule has 0 unspecified atom stereocenters. The summed E-state index contributed by atoms with van der Waals surface area (Å²) >= 11 is 1.41. The Bertz CT molecular complexity index is 880. The van der Waals surface area contributed by atoms with Gasteiger partial charge in [-0.15, -0.1) is 11.3 Å². The van der Waals surface area contributed by atoms with Gasteiger partial charge in [-0.25, -0.2) is 4.79 Å². The third-order valence-corrected chi connectivity index (χ3v) is 5.73. The molecule has 0 radical (unpaired) electrons. The second-order valence-corrected chi connectivity index (χ2v) is 7.71. The maximum Gasteiger partial charge on any atom is 0.341 e. The average Bonchev–Trinajstić information content (AvgIpc) is 3.33. The van der Waals surface area contributed by atoms with Gasteiger partial charge in [-0.2, -0.15) is 0 Å². The third kappa shape index (κ3) is 5.27. The number of fused-ring (bicyclic) bond motifs is 1. The molecular weight excluding hydrogens is 392 g/mol. The number of thiophene rings is 1. The van der Waals surface area contributed by atoms with Crippen molar-refractivity contribution in [1.29, 1.82) is 0 Å². The fraction of sp³-hybridized carbons (Fsp3) is 0.429. The van der Waals surface area contributed by atoms with Crippen molar-refractivity contribution in [3.05, 3.63) is 40.3 Å². The van der Waals surface area contributed by atoms with Crippen molar-refractivity contribution in [3.8, 4) is 11.5 Å². The van der Waals surface area contributed by atoms with E-state index >= 15 is 0 Å². The molecule has 1 N–H and O–H groups in total. The van der Waals surface area contributed by atoms with Gasteiger partial charge in [0.05, 0.1) is 18.7 Å². The molecule has 0 saturated carbocycles. The van der Waals surface area contributed by atoms with Crippen LogP contribution in [0.1, 0.15) is 41.6 Å². The number of anilines is 1. The molecule has 8 heteroatoms. The summed E-state index contributed by atoms with van der Waals surface area (Å²) in [6.45, 7) is 7.84. The molecule has 1 aromatic carbocycles. The minimum Gasteiger partial charge on any atom is -0.462 e. The average molecular weight is 419 g/mol. The second kappa shape index (κ2) is 9.76. The number of amides is 1. The van der Waals surface area contributed by atoms with Crippen LogP contribution in [-0.2, 0) is 22.5 Å². The van der Waals surface area contributed by atoms with Crippen LogP contribution in [-0.4, -0.2) is 43.3 Å². The van der Waals surface area contributed by atoms with E-state index in [9.17, 15) is 9.59 Å². The van der Waals surface area contributed by atoms with E-state index in [0.717, 1.165) is 28.4 Å². The van der Waals surface area contributed by atoms with Crippen LogP contribution in [0.5, 0.6) is 11.5 Å². The van der Waals surface area contributed by atoms with E-state index in [-0.39, 0.29) is 19.2 Å². The monoisotopic (exact) mass is 418 g/mol. The van der Waals surface area contributed by atoms with Crippen LogP contribution in [0.3, 0.4) is 0 Å². The Morgan fingerprint density at radius 1 is 1.17 bits per heavy atom. The summed E-state index contributed by atoms with van der Waals surface area (Å²) in [5.74, 6) is 0.896. The summed E-state index contributed by atoms with van der Waals surface area (Å²) in [6, 6.07) is 7.59. The highest BCUT2D eigenvalue weighted by Gasteiger charge is 2.20. The molecule has 0 aliphatic carbocycles. The van der Waals surface area contributed by atoms with Crippen LogP contribution in [0, 0.1) is 0 Å². The topological polar surface area (TPSA) is 77.1 Å². The first-order valence-corrected chi connectivity index (χ1v) is 10.6. The van der Waals surface area contributed by atoms with E-state index in [1.54, 1.807) is 13.0 Å². The Kier molecular flexibility index (Phi) is 7.11. The van der Waals surface area contributed by atoms with E-state index in [4.69, 9.17) is 14.2 Å². The van der Waals surface area contributed by atoms with Gasteiger partial charge in [-0.3, -0.25) is 9.69 Å². The molecule has 2 heterocycles. The SMILES string of the molecule is CCOC(=O)c1cc(CC)sc1NC(=O)CN(CC)Cc1ccc2c(c1)OCO2. The number of benzene rings is 1. The van der Waals surface area contributed by atoms with Crippen molar-refractivity contribution < 1.29 is 23.8 Å². The zero-order chi connectivity index (χ0) is 20.8. The van der Waals surface area contributed by atoms with E-state index < -0.39 is 5.97 Å². The minimum absolute atomic E-state index is 0.164. The van der Waals surface area contributed by atoms with Crippen molar-refractivity contribution in [1.82, 2.24) is 4.90 Å². The molecule has 0 atom stereocenters. The molecule has 1 aliphatic rings. The van der Waals surface area contributed by atoms with Gasteiger partial charge < -0.3 is 19.5 Å². The number of ether oxygens (including phenoxy) is 3. The first-order valence-electron chi connectivity index (χ1n) is 9.74. The number of nitrogens with one attached hydrogen (secondary N) is 1. The van der Waals surface area contributed by atoms with Crippen LogP contribution in [0.15, 0.2) is 24.3 Å². The third-order valence-electron chi connectivity index (χ3n) is 4.54. The largest absolute Gasteiger partial charge is 0.462 e. The van der Waals surface area contributed by atoms with Gasteiger partial charge in [0.15, 0.2) is 11.5 Å². The summed E-state index contributed by atoms with van der Waals surface area (Å²) in [6.07, 6.45) is 0.790. The van der Waals surface area contributed by atoms with Crippen molar-refractivity contribution in [3.63, 3.8) is 0 Å². The lowest BCUT2D eigenvalue weighted by Crippen LogP contribution is -2.32. The molecule has 1 amide bonds. The van der Waals surface area contributed by atoms with Gasteiger partial charge in [0.1, 0.15) is 5.00 Å². The smallest absolute Gasteiger partial charge is 0.341 e. The Labute approximate surface area is 174 Å². The van der Waals surface area contributed by atoms with Crippen LogP contribution < -0.4 is 14.8 Å². The number of hydrogen-bond donors (Lipinski definition) is 1. The van der Waals surface area contributed by atoms with Crippen molar-refractivity contribution >= 4 is 28.2 Å². The molecule has 7 nitrogen and oxygen atoms in total. The predicted octanol–water partition coefficient (Wildman–Crippen LogP) is 3.68. The van der Waals surface area contributed by atoms with E-state index in [1.165, 1.54) is 11.3 Å². The van der Waals surface area contributed by atoms with Gasteiger partial charge in [0.25, 0.3) is 0 Å². The first kappa shape index (κ1) is 21.1. The number of hydrogen-bond acceptors (Lipinski definition) is 7. The number of carbonyl (C=O) groups excluding carboxylic acids is 2. The number of likely N-dealkylation sites (N-methyl/N-ethyl adjacent to an activating group) is 1. The lowest BCUT2D eigenvalue weighted by atomic mass is 10.2. The molecule has 0 fully saturated rings. The van der Waals surface area contributed by atoms with Crippen LogP contribution in [0.4, 0.5) is 5.00 Å². The molecule has 3 rings (SSSR count). The molecule has 1 aromatic heterocycles. The molecule has 1 aliphatic heterocycles. The summed E-state index contributed by atoms with van der Waals surface area (Å²) in [5.41, 5.74) is 1.46. The fourth-order valence-corrected chi connectivity index (χ4v) is 4.02. The highest BCUT2D eigenvalue weighted by Crippen LogP contribution is 2.33. The summed E-state index contributed by atoms with van der Waals surface area (Å²) in [7, 11) is 0. The van der Waals surface area contributed by atoms with Crippen molar-refractivity contribution in [2.24, 2.45) is 0 Å². The summed E-state index contributed by atoms with van der Waals surface area (Å²) in [5, 5.41) is 3.43. The predicted molar refractivity (Wildman–Crippen MR) is 112 cm³/mol. The molecule has 0 spiro atoms. The number of aryl methyl sites for hydroxylation is 1. The van der Waals surface area contributed by atoms with Gasteiger partial charge in [0, 0.05) is 11.4 Å². The Morgan fingerprint density at radius 2 is 1.97 bits per heavy atom. The number of esters is 1. The van der Waals surface area contributed by atoms with Gasteiger partial charge in [0.2, 0.25) is 12.7 Å². The molecular formula is C21H26N2O5S. The van der Waals surface area contributed by atoms with Crippen LogP contribution in [0.25, 0.3) is 0 Å². The molecule has 0 saturated heterocycles. The molecule has 2 aromatic rings. The zero-order valence-corrected chi connectivity index (χ0v) is 17.8. The minimum atomic E-state index is -0.411. The first-order chi connectivity index (χ1) is 14.0. The lowest BCUT2D eigenvalue weighted by Gasteiger charge is -2.20. The molecule has 0 bridgehead atoms. The van der Waals surface area contributed by atoms with E-state index in [0.29, 0.717) is 30.3 Å². The van der Waals surface area contributed by atoms with Crippen molar-refractivity contribution in [2.75, 3.05) is 31.8 Å². The maximum atomic E-state index is 12.6. The molecule has 29 heavy (non-hydrogen) atoms. The standard InChI is InChI=1S/C21H26N2O5S/c1-4-15-10-16(21(25)26-6-3)20(29-15)22-19(24)12-23(5-2)11-14-7-8-17-18(9-14)28-13-27-17/h7-10H,4-6,11-13H2,1-3H3,(H,22,24). The summed E-state index contributed by atoms with van der Waals surface area (Å²) in [4.78, 5) is 27.9. The highest BCUT2D eigenvalue weighted by atomic mass is 32.1. The number of carbonyl (C=O) groups is 2. The highest BCUT2D eigenvalue weighted by molar-refractivity contribution is 7.16. The Balaban J connectivity index is 1.64. The fourth-order valence-electron chi connectivity index (χ4n) is 3.02. The zero-order valence-electron chi connectivity index (χ0n) is 16.9. The van der Waals surface area contributed by atoms with Crippen molar-refractivity contribution in [2.45, 2.75) is 33.7 Å². The second-order valence-electron chi connectivity index (χ2n) is 6.57. The normalized spacial score (nSPS) is 12.3. The van der Waals surface area contributed by atoms with Gasteiger partial charge in [-0.05, 0) is 43.7 Å². The van der Waals surface area contributed by atoms with Crippen LogP contribution >= 0.6 is 11.3 Å². The lowest BCUT2D eigenvalue weighted by molar-refractivity contribution is -0.117. The van der Waals surface area contributed by atoms with Gasteiger partial charge >= 0.3 is 5.97 Å². The number of rotatable bonds is 9. The number of nitrogens with zero attached hydrogens (tertiary/aromatic N) is 1. The Hall–Kier alpha value is -2.58. The molecule has 156 valence electrons. The van der Waals surface area contributed by atoms with E-state index in [1.807, 2.05) is 36.9 Å².